The van der Waals surface area contributed by atoms with Crippen molar-refractivity contribution in [2.75, 3.05) is 5.32 Å². The van der Waals surface area contributed by atoms with Crippen LogP contribution in [-0.4, -0.2) is 25.4 Å². The number of hydrogen-bond acceptors (Lipinski definition) is 5. The summed E-state index contributed by atoms with van der Waals surface area (Å²) in [5, 5.41) is 2.70. The Bertz CT molecular complexity index is 1110. The standard InChI is InChI=1S/C16H15N5O4/c1-21-13-12(15(24)20-16(21)25)18-10(14(23)19-13)7-8-11(22)17-9-5-3-2-4-6-9/h2-6H,7-8H2,1H3,(H,17,22)(H,19,23)(H,20,24,25). The lowest BCUT2D eigenvalue weighted by atomic mass is 10.2. The molecule has 3 rings (SSSR count). The predicted octanol–water partition coefficient (Wildman–Crippen LogP) is -0.119. The average molecular weight is 341 g/mol. The molecule has 9 heteroatoms. The summed E-state index contributed by atoms with van der Waals surface area (Å²) in [4.78, 5) is 56.1. The number of H-pyrrole nitrogens is 2. The summed E-state index contributed by atoms with van der Waals surface area (Å²) in [6.07, 6.45) is 0.0897. The van der Waals surface area contributed by atoms with Gasteiger partial charge in [0, 0.05) is 25.6 Å². The number of para-hydroxylation sites is 1. The highest BCUT2D eigenvalue weighted by atomic mass is 16.2. The monoisotopic (exact) mass is 341 g/mol. The number of fused-ring (bicyclic) bond motifs is 1. The van der Waals surface area contributed by atoms with Gasteiger partial charge in [-0.2, -0.15) is 0 Å². The van der Waals surface area contributed by atoms with Crippen molar-refractivity contribution in [2.45, 2.75) is 12.8 Å². The fraction of sp³-hybridized carbons (Fsp3) is 0.188. The Morgan fingerprint density at radius 1 is 1.12 bits per heavy atom. The molecule has 0 spiro atoms. The lowest BCUT2D eigenvalue weighted by Crippen LogP contribution is -2.32. The van der Waals surface area contributed by atoms with E-state index < -0.39 is 16.8 Å². The Labute approximate surface area is 140 Å². The molecule has 2 heterocycles. The van der Waals surface area contributed by atoms with Gasteiger partial charge >= 0.3 is 5.69 Å². The fourth-order valence-corrected chi connectivity index (χ4v) is 2.37. The van der Waals surface area contributed by atoms with Crippen molar-refractivity contribution in [3.8, 4) is 0 Å². The molecule has 0 atom stereocenters. The van der Waals surface area contributed by atoms with E-state index in [2.05, 4.69) is 20.3 Å². The number of aromatic nitrogens is 4. The van der Waals surface area contributed by atoms with Gasteiger partial charge in [-0.15, -0.1) is 0 Å². The highest BCUT2D eigenvalue weighted by Gasteiger charge is 2.12. The van der Waals surface area contributed by atoms with Crippen molar-refractivity contribution in [1.82, 2.24) is 19.5 Å². The molecule has 0 aliphatic heterocycles. The molecule has 0 fully saturated rings. The van der Waals surface area contributed by atoms with Crippen LogP contribution in [0.2, 0.25) is 0 Å². The molecule has 0 aliphatic carbocycles. The van der Waals surface area contributed by atoms with Gasteiger partial charge in [-0.25, -0.2) is 9.78 Å². The van der Waals surface area contributed by atoms with Gasteiger partial charge in [0.15, 0.2) is 5.52 Å². The highest BCUT2D eigenvalue weighted by Crippen LogP contribution is 2.06. The molecule has 128 valence electrons. The van der Waals surface area contributed by atoms with E-state index in [4.69, 9.17) is 0 Å². The van der Waals surface area contributed by atoms with Gasteiger partial charge in [0.1, 0.15) is 11.3 Å². The molecular weight excluding hydrogens is 326 g/mol. The van der Waals surface area contributed by atoms with E-state index in [0.717, 1.165) is 4.57 Å². The summed E-state index contributed by atoms with van der Waals surface area (Å²) < 4.78 is 1.09. The van der Waals surface area contributed by atoms with Crippen LogP contribution in [0.5, 0.6) is 0 Å². The van der Waals surface area contributed by atoms with Gasteiger partial charge in [0.05, 0.1) is 0 Å². The zero-order valence-corrected chi connectivity index (χ0v) is 13.3. The molecule has 9 nitrogen and oxygen atoms in total. The Hall–Kier alpha value is -3.49. The van der Waals surface area contributed by atoms with E-state index in [0.29, 0.717) is 5.69 Å². The summed E-state index contributed by atoms with van der Waals surface area (Å²) in [6, 6.07) is 8.92. The second kappa shape index (κ2) is 6.56. The second-order valence-corrected chi connectivity index (χ2v) is 5.44. The number of anilines is 1. The number of rotatable bonds is 4. The molecule has 2 aromatic heterocycles. The Morgan fingerprint density at radius 2 is 1.84 bits per heavy atom. The minimum Gasteiger partial charge on any atom is -0.326 e. The third kappa shape index (κ3) is 3.39. The van der Waals surface area contributed by atoms with Gasteiger partial charge in [-0.1, -0.05) is 18.2 Å². The first-order chi connectivity index (χ1) is 12.0. The largest absolute Gasteiger partial charge is 0.329 e. The van der Waals surface area contributed by atoms with Crippen LogP contribution >= 0.6 is 0 Å². The molecule has 0 unspecified atom stereocenters. The molecular formula is C16H15N5O4. The van der Waals surface area contributed by atoms with E-state index in [1.807, 2.05) is 6.07 Å². The lowest BCUT2D eigenvalue weighted by Gasteiger charge is -2.06. The number of carbonyl (C=O) groups excluding carboxylic acids is 1. The quantitative estimate of drug-likeness (QED) is 0.609. The van der Waals surface area contributed by atoms with Crippen LogP contribution in [0.4, 0.5) is 5.69 Å². The van der Waals surface area contributed by atoms with Crippen LogP contribution in [-0.2, 0) is 18.3 Å². The number of aryl methyl sites for hydroxylation is 2. The van der Waals surface area contributed by atoms with E-state index >= 15 is 0 Å². The summed E-state index contributed by atoms with van der Waals surface area (Å²) >= 11 is 0. The zero-order valence-electron chi connectivity index (χ0n) is 13.3. The summed E-state index contributed by atoms with van der Waals surface area (Å²) in [5.41, 5.74) is -1.19. The van der Waals surface area contributed by atoms with Crippen LogP contribution in [0.3, 0.4) is 0 Å². The third-order valence-electron chi connectivity index (χ3n) is 3.69. The van der Waals surface area contributed by atoms with Crippen LogP contribution in [0, 0.1) is 0 Å². The third-order valence-corrected chi connectivity index (χ3v) is 3.69. The number of amides is 1. The minimum absolute atomic E-state index is 0.0279. The van der Waals surface area contributed by atoms with Crippen LogP contribution < -0.4 is 22.1 Å². The first kappa shape index (κ1) is 16.4. The summed E-state index contributed by atoms with van der Waals surface area (Å²) in [6.45, 7) is 0. The van der Waals surface area contributed by atoms with Crippen molar-refractivity contribution in [3.05, 3.63) is 67.2 Å². The second-order valence-electron chi connectivity index (χ2n) is 5.44. The van der Waals surface area contributed by atoms with Gasteiger partial charge in [-0.3, -0.25) is 23.9 Å². The Morgan fingerprint density at radius 3 is 2.56 bits per heavy atom. The maximum Gasteiger partial charge on any atom is 0.329 e. The van der Waals surface area contributed by atoms with Crippen LogP contribution in [0.1, 0.15) is 12.1 Å². The molecule has 3 N–H and O–H groups in total. The van der Waals surface area contributed by atoms with Crippen molar-refractivity contribution in [2.24, 2.45) is 7.05 Å². The topological polar surface area (TPSA) is 130 Å². The van der Waals surface area contributed by atoms with E-state index in [1.165, 1.54) is 7.05 Å². The molecule has 0 saturated heterocycles. The number of nitrogens with one attached hydrogen (secondary N) is 3. The van der Waals surface area contributed by atoms with E-state index in [9.17, 15) is 19.2 Å². The van der Waals surface area contributed by atoms with E-state index in [1.54, 1.807) is 24.3 Å². The molecule has 0 radical (unpaired) electrons. The molecule has 0 saturated carbocycles. The minimum atomic E-state index is -0.690. The van der Waals surface area contributed by atoms with Crippen LogP contribution in [0.25, 0.3) is 11.2 Å². The number of carbonyl (C=O) groups is 1. The van der Waals surface area contributed by atoms with Crippen LogP contribution in [0.15, 0.2) is 44.7 Å². The molecule has 1 aromatic carbocycles. The lowest BCUT2D eigenvalue weighted by molar-refractivity contribution is -0.116. The average Bonchev–Trinajstić information content (AvgIpc) is 2.59. The van der Waals surface area contributed by atoms with Gasteiger partial charge in [0.2, 0.25) is 5.91 Å². The zero-order chi connectivity index (χ0) is 18.0. The first-order valence-corrected chi connectivity index (χ1v) is 7.53. The first-order valence-electron chi connectivity index (χ1n) is 7.53. The highest BCUT2D eigenvalue weighted by molar-refractivity contribution is 5.90. The van der Waals surface area contributed by atoms with Gasteiger partial charge in [0.25, 0.3) is 11.1 Å². The van der Waals surface area contributed by atoms with E-state index in [-0.39, 0.29) is 35.6 Å². The maximum absolute atomic E-state index is 12.1. The number of benzene rings is 1. The van der Waals surface area contributed by atoms with Crippen molar-refractivity contribution in [3.63, 3.8) is 0 Å². The van der Waals surface area contributed by atoms with Gasteiger partial charge < -0.3 is 10.3 Å². The summed E-state index contributed by atoms with van der Waals surface area (Å²) in [5.74, 6) is -0.276. The molecule has 25 heavy (non-hydrogen) atoms. The fourth-order valence-electron chi connectivity index (χ4n) is 2.37. The van der Waals surface area contributed by atoms with Crippen molar-refractivity contribution in [1.29, 1.82) is 0 Å². The Kier molecular flexibility index (Phi) is 4.29. The molecule has 1 amide bonds. The number of nitrogens with zero attached hydrogens (tertiary/aromatic N) is 2. The molecule has 3 aromatic rings. The normalized spacial score (nSPS) is 10.8. The number of aromatic amines is 2. The van der Waals surface area contributed by atoms with Crippen molar-refractivity contribution >= 4 is 22.8 Å². The SMILES string of the molecule is Cn1c(=O)[nH]c(=O)c2nc(CCC(=O)Nc3ccccc3)c(=O)[nH]c21. The predicted molar refractivity (Wildman–Crippen MR) is 91.6 cm³/mol. The summed E-state index contributed by atoms with van der Waals surface area (Å²) in [7, 11) is 1.41. The smallest absolute Gasteiger partial charge is 0.326 e. The van der Waals surface area contributed by atoms with Crippen molar-refractivity contribution < 1.29 is 4.79 Å². The number of hydrogen-bond donors (Lipinski definition) is 3. The molecule has 0 bridgehead atoms. The molecule has 0 aliphatic rings. The Balaban J connectivity index is 1.84. The maximum atomic E-state index is 12.1. The van der Waals surface area contributed by atoms with Gasteiger partial charge in [-0.05, 0) is 12.1 Å².